The number of benzene rings is 1. The first kappa shape index (κ1) is 14.2. The van der Waals surface area contributed by atoms with Gasteiger partial charge in [-0.1, -0.05) is 6.07 Å². The van der Waals surface area contributed by atoms with Gasteiger partial charge >= 0.3 is 41.5 Å². The molecule has 0 fully saturated rings. The summed E-state index contributed by atoms with van der Waals surface area (Å²) in [5.41, 5.74) is 0.335. The van der Waals surface area contributed by atoms with Crippen LogP contribution in [0.4, 0.5) is 0 Å². The molecule has 76 valence electrons. The number of carbonyl (C=O) groups excluding carboxylic acids is 1. The van der Waals surface area contributed by atoms with Crippen LogP contribution in [0.5, 0.6) is 0 Å². The van der Waals surface area contributed by atoms with E-state index in [0.717, 1.165) is 0 Å². The van der Waals surface area contributed by atoms with Crippen LogP contribution in [0.15, 0.2) is 24.3 Å². The second-order valence-electron chi connectivity index (χ2n) is 2.61. The van der Waals surface area contributed by atoms with Crippen LogP contribution in [-0.4, -0.2) is 23.7 Å². The molecule has 0 unspecified atom stereocenters. The van der Waals surface area contributed by atoms with Crippen molar-refractivity contribution < 1.29 is 50.4 Å². The minimum Gasteiger partial charge on any atom is -1.00 e. The van der Waals surface area contributed by atoms with E-state index in [9.17, 15) is 9.59 Å². The average molecular weight is 218 g/mol. The van der Waals surface area contributed by atoms with Gasteiger partial charge in [0.05, 0.1) is 17.7 Å². The zero-order valence-corrected chi connectivity index (χ0v) is 10.7. The van der Waals surface area contributed by atoms with Crippen LogP contribution in [0.1, 0.15) is 29.1 Å². The van der Waals surface area contributed by atoms with Gasteiger partial charge in [0, 0.05) is 0 Å². The Morgan fingerprint density at radius 2 is 2.00 bits per heavy atom. The van der Waals surface area contributed by atoms with Gasteiger partial charge in [0.25, 0.3) is 0 Å². The number of aromatic carboxylic acids is 1. The molecule has 0 atom stereocenters. The summed E-state index contributed by atoms with van der Waals surface area (Å²) in [6, 6.07) is 5.74. The van der Waals surface area contributed by atoms with E-state index >= 15 is 0 Å². The van der Waals surface area contributed by atoms with E-state index in [0.29, 0.717) is 0 Å². The van der Waals surface area contributed by atoms with Crippen molar-refractivity contribution in [3.8, 4) is 0 Å². The van der Waals surface area contributed by atoms with E-state index in [1.807, 2.05) is 0 Å². The fourth-order valence-corrected chi connectivity index (χ4v) is 0.994. The first-order chi connectivity index (χ1) is 6.65. The molecule has 0 aliphatic carbocycles. The maximum Gasteiger partial charge on any atom is 1.00 e. The molecule has 0 spiro atoms. The molecule has 0 bridgehead atoms. The Labute approximate surface area is 111 Å². The molecule has 0 amide bonds. The first-order valence-electron chi connectivity index (χ1n) is 4.15. The van der Waals surface area contributed by atoms with Gasteiger partial charge in [-0.3, -0.25) is 0 Å². The van der Waals surface area contributed by atoms with Gasteiger partial charge in [-0.25, -0.2) is 9.59 Å². The number of rotatable bonds is 3. The molecule has 0 aromatic heterocycles. The maximum absolute atomic E-state index is 11.2. The second-order valence-corrected chi connectivity index (χ2v) is 2.61. The number of ether oxygens (including phenoxy) is 1. The molecule has 0 saturated carbocycles. The van der Waals surface area contributed by atoms with Gasteiger partial charge in [-0.15, -0.1) is 0 Å². The van der Waals surface area contributed by atoms with Crippen LogP contribution in [0.3, 0.4) is 0 Å². The second kappa shape index (κ2) is 6.61. The summed E-state index contributed by atoms with van der Waals surface area (Å²) in [6.07, 6.45) is 0. The van der Waals surface area contributed by atoms with Crippen molar-refractivity contribution in [2.45, 2.75) is 6.92 Å². The van der Waals surface area contributed by atoms with E-state index in [-0.39, 0.29) is 48.7 Å². The Bertz CT molecular complexity index is 368. The van der Waals surface area contributed by atoms with E-state index in [1.165, 1.54) is 24.3 Å². The summed E-state index contributed by atoms with van der Waals surface area (Å²) in [6.45, 7) is 1.97. The van der Waals surface area contributed by atoms with Crippen LogP contribution in [0, 0.1) is 0 Å². The molecule has 0 aliphatic heterocycles. The standard InChI is InChI=1S/C10H10O4.Na.H/c1-2-14-10(13)8-5-3-4-7(6-8)9(11)12;;/h3-6H,2H2,1H3,(H,11,12);;/q;+1;-1. The third kappa shape index (κ3) is 4.03. The molecular weight excluding hydrogens is 207 g/mol. The zero-order chi connectivity index (χ0) is 10.6. The molecule has 0 aliphatic rings. The topological polar surface area (TPSA) is 63.6 Å². The zero-order valence-electron chi connectivity index (χ0n) is 9.69. The molecule has 1 aromatic rings. The quantitative estimate of drug-likeness (QED) is 0.505. The molecule has 1 N–H and O–H groups in total. The summed E-state index contributed by atoms with van der Waals surface area (Å²) in [5, 5.41) is 8.67. The Balaban J connectivity index is 0. The number of esters is 1. The van der Waals surface area contributed by atoms with Gasteiger partial charge < -0.3 is 11.3 Å². The molecule has 1 aromatic carbocycles. The van der Waals surface area contributed by atoms with Crippen molar-refractivity contribution in [3.63, 3.8) is 0 Å². The van der Waals surface area contributed by atoms with E-state index < -0.39 is 11.9 Å². The Hall–Kier alpha value is -0.840. The number of hydrogen-bond donors (Lipinski definition) is 1. The molecule has 4 nitrogen and oxygen atoms in total. The van der Waals surface area contributed by atoms with Crippen molar-refractivity contribution in [1.29, 1.82) is 0 Å². The molecule has 0 heterocycles. The first-order valence-corrected chi connectivity index (χ1v) is 4.15. The van der Waals surface area contributed by atoms with Crippen LogP contribution in [-0.2, 0) is 4.74 Å². The van der Waals surface area contributed by atoms with Gasteiger partial charge in [-0.05, 0) is 25.1 Å². The van der Waals surface area contributed by atoms with Crippen molar-refractivity contribution in [1.82, 2.24) is 0 Å². The van der Waals surface area contributed by atoms with Gasteiger partial charge in [0.15, 0.2) is 0 Å². The van der Waals surface area contributed by atoms with Crippen molar-refractivity contribution in [3.05, 3.63) is 35.4 Å². The molecule has 5 heteroatoms. The van der Waals surface area contributed by atoms with Gasteiger partial charge in [-0.2, -0.15) is 0 Å². The summed E-state index contributed by atoms with van der Waals surface area (Å²) in [5.74, 6) is -1.56. The average Bonchev–Trinajstić information content (AvgIpc) is 2.18. The molecular formula is C10H11NaO4. The van der Waals surface area contributed by atoms with Crippen molar-refractivity contribution in [2.75, 3.05) is 6.61 Å². The number of carboxylic acids is 1. The Kier molecular flexibility index (Phi) is 6.24. The third-order valence-electron chi connectivity index (χ3n) is 1.62. The van der Waals surface area contributed by atoms with Gasteiger partial charge in [0.1, 0.15) is 0 Å². The van der Waals surface area contributed by atoms with Crippen molar-refractivity contribution in [2.24, 2.45) is 0 Å². The summed E-state index contributed by atoms with van der Waals surface area (Å²) >= 11 is 0. The molecule has 15 heavy (non-hydrogen) atoms. The van der Waals surface area contributed by atoms with Crippen molar-refractivity contribution >= 4 is 11.9 Å². The Morgan fingerprint density at radius 1 is 1.40 bits per heavy atom. The van der Waals surface area contributed by atoms with Crippen LogP contribution < -0.4 is 29.6 Å². The van der Waals surface area contributed by atoms with E-state index in [2.05, 4.69) is 0 Å². The smallest absolute Gasteiger partial charge is 1.00 e. The normalized spacial score (nSPS) is 8.87. The maximum atomic E-state index is 11.2. The van der Waals surface area contributed by atoms with E-state index in [4.69, 9.17) is 9.84 Å². The number of carboxylic acid groups (broad SMARTS) is 1. The minimum atomic E-state index is -1.06. The SMILES string of the molecule is CCOC(=O)c1cccc(C(=O)O)c1.[H-].[Na+]. The predicted molar refractivity (Wildman–Crippen MR) is 50.5 cm³/mol. The molecule has 0 radical (unpaired) electrons. The molecule has 0 saturated heterocycles. The van der Waals surface area contributed by atoms with Gasteiger partial charge in [0.2, 0.25) is 0 Å². The number of carbonyl (C=O) groups is 2. The monoisotopic (exact) mass is 218 g/mol. The molecule has 1 rings (SSSR count). The fraction of sp³-hybridized carbons (Fsp3) is 0.200. The largest absolute Gasteiger partial charge is 1.00 e. The Morgan fingerprint density at radius 3 is 2.53 bits per heavy atom. The van der Waals surface area contributed by atoms with E-state index in [1.54, 1.807) is 6.92 Å². The van der Waals surface area contributed by atoms with Crippen LogP contribution in [0.2, 0.25) is 0 Å². The third-order valence-corrected chi connectivity index (χ3v) is 1.62. The summed E-state index contributed by atoms with van der Waals surface area (Å²) in [4.78, 5) is 21.8. The van der Waals surface area contributed by atoms with Crippen LogP contribution in [0.25, 0.3) is 0 Å². The summed E-state index contributed by atoms with van der Waals surface area (Å²) in [7, 11) is 0. The summed E-state index contributed by atoms with van der Waals surface area (Å²) < 4.78 is 4.73. The minimum absolute atomic E-state index is 0. The fourth-order valence-electron chi connectivity index (χ4n) is 0.994. The predicted octanol–water partition coefficient (Wildman–Crippen LogP) is -1.32. The number of hydrogen-bond acceptors (Lipinski definition) is 3. The van der Waals surface area contributed by atoms with Crippen LogP contribution >= 0.6 is 0 Å².